The Labute approximate surface area is 258 Å². The number of fused-ring (bicyclic) bond motifs is 2. The van der Waals surface area contributed by atoms with Crippen LogP contribution in [0, 0.1) is 6.92 Å². The van der Waals surface area contributed by atoms with Gasteiger partial charge in [-0.25, -0.2) is 23.9 Å². The van der Waals surface area contributed by atoms with Crippen LogP contribution in [0.3, 0.4) is 0 Å². The van der Waals surface area contributed by atoms with Gasteiger partial charge in [-0.2, -0.15) is 5.10 Å². The molecule has 1 atom stereocenters. The molecule has 0 saturated carbocycles. The van der Waals surface area contributed by atoms with Gasteiger partial charge < -0.3 is 24.8 Å². The Morgan fingerprint density at radius 1 is 1.04 bits per heavy atom. The Balaban J connectivity index is 1.28. The molecule has 1 aliphatic heterocycles. The van der Waals surface area contributed by atoms with E-state index < -0.39 is 11.7 Å². The third-order valence-corrected chi connectivity index (χ3v) is 7.81. The van der Waals surface area contributed by atoms with E-state index in [1.807, 2.05) is 19.9 Å². The number of benzene rings is 2. The molecule has 1 amide bonds. The lowest BCUT2D eigenvalue weighted by Gasteiger charge is -2.19. The van der Waals surface area contributed by atoms with Gasteiger partial charge in [-0.3, -0.25) is 9.69 Å². The molecule has 13 heteroatoms. The number of methoxy groups -OCH3 is 2. The Kier molecular flexibility index (Phi) is 8.43. The van der Waals surface area contributed by atoms with E-state index in [2.05, 4.69) is 35.6 Å². The Bertz CT molecular complexity index is 1910. The standard InChI is InChI=1S/C32H33FN8O4/c1-5-40-9-6-7-20(40)12-23(33)32(42)39-26-14-22-24(15-28(26)43-3)34-17-36-31(22)38-25-11-19(2)27(16-29(25)44-4)45-21-8-10-41-30(13-21)35-18-37-41/h8,10-18,20H,5-7,9H2,1-4H3,(H,39,42)(H,34,36,38)/b23-12+. The molecule has 6 rings (SSSR count). The summed E-state index contributed by atoms with van der Waals surface area (Å²) in [7, 11) is 3.04. The van der Waals surface area contributed by atoms with E-state index in [1.165, 1.54) is 25.8 Å². The first-order chi connectivity index (χ1) is 21.9. The van der Waals surface area contributed by atoms with Gasteiger partial charge in [0.15, 0.2) is 11.5 Å². The van der Waals surface area contributed by atoms with Crippen LogP contribution < -0.4 is 24.8 Å². The van der Waals surface area contributed by atoms with Crippen LogP contribution in [0.1, 0.15) is 25.3 Å². The van der Waals surface area contributed by atoms with Crippen molar-refractivity contribution in [3.05, 3.63) is 72.7 Å². The molecule has 2 N–H and O–H groups in total. The second-order valence-electron chi connectivity index (χ2n) is 10.6. The zero-order chi connectivity index (χ0) is 31.5. The van der Waals surface area contributed by atoms with Crippen molar-refractivity contribution in [2.45, 2.75) is 32.7 Å². The van der Waals surface area contributed by atoms with Crippen molar-refractivity contribution in [2.24, 2.45) is 0 Å². The number of rotatable bonds is 10. The predicted molar refractivity (Wildman–Crippen MR) is 168 cm³/mol. The molecular weight excluding hydrogens is 579 g/mol. The summed E-state index contributed by atoms with van der Waals surface area (Å²) in [6, 6.07) is 10.5. The highest BCUT2D eigenvalue weighted by Crippen LogP contribution is 2.39. The third-order valence-electron chi connectivity index (χ3n) is 7.81. The molecule has 0 spiro atoms. The molecule has 1 saturated heterocycles. The number of ether oxygens (including phenoxy) is 3. The summed E-state index contributed by atoms with van der Waals surface area (Å²) >= 11 is 0. The number of likely N-dealkylation sites (tertiary alicyclic amines) is 1. The minimum absolute atomic E-state index is 0.101. The van der Waals surface area contributed by atoms with E-state index in [4.69, 9.17) is 14.2 Å². The minimum atomic E-state index is -0.849. The monoisotopic (exact) mass is 612 g/mol. The van der Waals surface area contributed by atoms with Crippen molar-refractivity contribution >= 4 is 39.6 Å². The molecule has 2 aromatic carbocycles. The average molecular weight is 613 g/mol. The molecule has 1 fully saturated rings. The van der Waals surface area contributed by atoms with Crippen molar-refractivity contribution in [3.63, 3.8) is 0 Å². The van der Waals surface area contributed by atoms with E-state index in [1.54, 1.807) is 48.2 Å². The van der Waals surface area contributed by atoms with Crippen LogP contribution in [0.4, 0.5) is 21.6 Å². The fourth-order valence-electron chi connectivity index (χ4n) is 5.47. The van der Waals surface area contributed by atoms with Crippen LogP contribution in [0.2, 0.25) is 0 Å². The topological polar surface area (TPSA) is 128 Å². The molecule has 3 aromatic heterocycles. The molecule has 12 nitrogen and oxygen atoms in total. The van der Waals surface area contributed by atoms with Gasteiger partial charge in [0.1, 0.15) is 41.5 Å². The lowest BCUT2D eigenvalue weighted by molar-refractivity contribution is -0.114. The van der Waals surface area contributed by atoms with Crippen LogP contribution in [-0.4, -0.2) is 68.7 Å². The van der Waals surface area contributed by atoms with Crippen LogP contribution in [-0.2, 0) is 4.79 Å². The third kappa shape index (κ3) is 6.20. The highest BCUT2D eigenvalue weighted by molar-refractivity contribution is 6.05. The maximum absolute atomic E-state index is 15.0. The molecular formula is C32H33FN8O4. The second kappa shape index (κ2) is 12.7. The molecule has 4 heterocycles. The summed E-state index contributed by atoms with van der Waals surface area (Å²) in [5.74, 6) is 0.799. The number of nitrogens with zero attached hydrogens (tertiary/aromatic N) is 6. The van der Waals surface area contributed by atoms with Crippen molar-refractivity contribution in [1.29, 1.82) is 0 Å². The van der Waals surface area contributed by atoms with E-state index >= 15 is 4.39 Å². The van der Waals surface area contributed by atoms with E-state index in [0.717, 1.165) is 31.5 Å². The smallest absolute Gasteiger partial charge is 0.284 e. The van der Waals surface area contributed by atoms with Crippen LogP contribution >= 0.6 is 0 Å². The van der Waals surface area contributed by atoms with Crippen molar-refractivity contribution in [2.75, 3.05) is 37.9 Å². The van der Waals surface area contributed by atoms with Gasteiger partial charge in [0.05, 0.1) is 31.1 Å². The van der Waals surface area contributed by atoms with Gasteiger partial charge in [0.2, 0.25) is 0 Å². The van der Waals surface area contributed by atoms with Gasteiger partial charge in [0.25, 0.3) is 5.91 Å². The summed E-state index contributed by atoms with van der Waals surface area (Å²) in [5.41, 5.74) is 2.96. The Morgan fingerprint density at radius 2 is 1.87 bits per heavy atom. The zero-order valence-corrected chi connectivity index (χ0v) is 25.4. The first-order valence-electron chi connectivity index (χ1n) is 14.5. The number of carbonyl (C=O) groups is 1. The maximum Gasteiger partial charge on any atom is 0.284 e. The number of aryl methyl sites for hydroxylation is 1. The summed E-state index contributed by atoms with van der Waals surface area (Å²) in [4.78, 5) is 28.1. The average Bonchev–Trinajstić information content (AvgIpc) is 3.71. The molecule has 45 heavy (non-hydrogen) atoms. The fourth-order valence-corrected chi connectivity index (χ4v) is 5.47. The van der Waals surface area contributed by atoms with Gasteiger partial charge >= 0.3 is 0 Å². The predicted octanol–water partition coefficient (Wildman–Crippen LogP) is 5.81. The lowest BCUT2D eigenvalue weighted by Crippen LogP contribution is -2.28. The van der Waals surface area contributed by atoms with Crippen LogP contribution in [0.5, 0.6) is 23.0 Å². The van der Waals surface area contributed by atoms with Gasteiger partial charge in [-0.05, 0) is 62.7 Å². The molecule has 1 unspecified atom stereocenters. The number of carbonyl (C=O) groups excluding carboxylic acids is 1. The first kappa shape index (κ1) is 29.8. The van der Waals surface area contributed by atoms with E-state index in [0.29, 0.717) is 51.1 Å². The number of amides is 1. The van der Waals surface area contributed by atoms with E-state index in [9.17, 15) is 4.79 Å². The number of anilines is 3. The number of halogens is 1. The lowest BCUT2D eigenvalue weighted by atomic mass is 10.1. The number of aromatic nitrogens is 5. The number of likely N-dealkylation sites (N-methyl/N-ethyl adjacent to an activating group) is 1. The molecule has 0 aliphatic carbocycles. The number of hydrogen-bond donors (Lipinski definition) is 2. The summed E-state index contributed by atoms with van der Waals surface area (Å²) in [6.45, 7) is 5.63. The normalized spacial score (nSPS) is 15.4. The summed E-state index contributed by atoms with van der Waals surface area (Å²) in [6.07, 6.45) is 7.84. The van der Waals surface area contributed by atoms with Crippen LogP contribution in [0.15, 0.2) is 67.2 Å². The Hall–Kier alpha value is -5.30. The first-order valence-corrected chi connectivity index (χ1v) is 14.5. The SMILES string of the molecule is CCN1CCCC1/C=C(/F)C(=O)Nc1cc2c(Nc3cc(C)c(Oc4ccn5ncnc5c4)cc3OC)ncnc2cc1OC. The van der Waals surface area contributed by atoms with Crippen molar-refractivity contribution in [3.8, 4) is 23.0 Å². The van der Waals surface area contributed by atoms with Crippen LogP contribution in [0.25, 0.3) is 16.6 Å². The number of nitrogens with one attached hydrogen (secondary N) is 2. The second-order valence-corrected chi connectivity index (χ2v) is 10.6. The molecule has 0 radical (unpaired) electrons. The molecule has 0 bridgehead atoms. The zero-order valence-electron chi connectivity index (χ0n) is 25.4. The fraction of sp³-hybridized carbons (Fsp3) is 0.281. The van der Waals surface area contributed by atoms with Gasteiger partial charge in [-0.1, -0.05) is 6.92 Å². The minimum Gasteiger partial charge on any atom is -0.494 e. The number of pyridine rings is 1. The van der Waals surface area contributed by atoms with Crippen molar-refractivity contribution < 1.29 is 23.4 Å². The van der Waals surface area contributed by atoms with Gasteiger partial charge in [-0.15, -0.1) is 0 Å². The quantitative estimate of drug-likeness (QED) is 0.187. The van der Waals surface area contributed by atoms with E-state index in [-0.39, 0.29) is 11.7 Å². The summed E-state index contributed by atoms with van der Waals surface area (Å²) in [5, 5.41) is 10.7. The highest BCUT2D eigenvalue weighted by Gasteiger charge is 2.24. The molecule has 1 aliphatic rings. The van der Waals surface area contributed by atoms with Gasteiger partial charge in [0, 0.05) is 35.8 Å². The maximum atomic E-state index is 15.0. The number of hydrogen-bond acceptors (Lipinski definition) is 10. The Morgan fingerprint density at radius 3 is 2.67 bits per heavy atom. The summed E-state index contributed by atoms with van der Waals surface area (Å²) < 4.78 is 34.0. The molecule has 5 aromatic rings. The largest absolute Gasteiger partial charge is 0.494 e. The molecule has 232 valence electrons. The highest BCUT2D eigenvalue weighted by atomic mass is 19.1. The van der Waals surface area contributed by atoms with Crippen molar-refractivity contribution in [1.82, 2.24) is 29.5 Å².